The van der Waals surface area contributed by atoms with E-state index in [9.17, 15) is 5.11 Å². The summed E-state index contributed by atoms with van der Waals surface area (Å²) in [7, 11) is 0. The number of halogens is 2. The van der Waals surface area contributed by atoms with Gasteiger partial charge < -0.3 is 9.84 Å². The van der Waals surface area contributed by atoms with Crippen molar-refractivity contribution in [2.24, 2.45) is 11.8 Å². The Morgan fingerprint density at radius 3 is 2.81 bits per heavy atom. The van der Waals surface area contributed by atoms with Gasteiger partial charge in [-0.1, -0.05) is 29.3 Å². The van der Waals surface area contributed by atoms with Gasteiger partial charge >= 0.3 is 0 Å². The summed E-state index contributed by atoms with van der Waals surface area (Å²) in [6, 6.07) is 5.64. The molecule has 1 aromatic rings. The van der Waals surface area contributed by atoms with Gasteiger partial charge in [-0.05, 0) is 25.0 Å². The van der Waals surface area contributed by atoms with Gasteiger partial charge in [-0.25, -0.2) is 0 Å². The third kappa shape index (κ3) is 2.13. The van der Waals surface area contributed by atoms with Gasteiger partial charge in [0.1, 0.15) is 0 Å². The Bertz CT molecular complexity index is 547. The topological polar surface area (TPSA) is 32.7 Å². The first-order valence-corrected chi connectivity index (χ1v) is 8.32. The molecule has 3 heterocycles. The number of hydrogen-bond acceptors (Lipinski definition) is 3. The number of aliphatic hydroxyl groups is 1. The highest BCUT2D eigenvalue weighted by molar-refractivity contribution is 6.35. The first-order chi connectivity index (χ1) is 10.1. The molecule has 5 heteroatoms. The van der Waals surface area contributed by atoms with Crippen LogP contribution in [-0.2, 0) is 11.3 Å². The normalized spacial score (nSPS) is 38.1. The predicted molar refractivity (Wildman–Crippen MR) is 82.6 cm³/mol. The SMILES string of the molecule is OC[C@H]1[C@H]2CN(Cc3c(Cl)cccc3Cl)C[C@]23CC[C@H]1O3. The van der Waals surface area contributed by atoms with Crippen LogP contribution in [0, 0.1) is 11.8 Å². The molecule has 1 spiro atoms. The Morgan fingerprint density at radius 2 is 2.10 bits per heavy atom. The van der Waals surface area contributed by atoms with Gasteiger partial charge in [0.2, 0.25) is 0 Å². The molecule has 3 aliphatic rings. The summed E-state index contributed by atoms with van der Waals surface area (Å²) in [6.45, 7) is 2.87. The summed E-state index contributed by atoms with van der Waals surface area (Å²) in [5.41, 5.74) is 0.957. The molecular weight excluding hydrogens is 309 g/mol. The Kier molecular flexibility index (Phi) is 3.47. The number of ether oxygens (including phenoxy) is 1. The summed E-state index contributed by atoms with van der Waals surface area (Å²) in [6.07, 6.45) is 2.47. The molecular formula is C16H19Cl2NO2. The minimum atomic E-state index is -0.0359. The fourth-order valence-electron chi connectivity index (χ4n) is 4.56. The van der Waals surface area contributed by atoms with Crippen LogP contribution in [0.5, 0.6) is 0 Å². The Hall–Kier alpha value is -0.320. The molecule has 2 bridgehead atoms. The molecule has 1 aromatic carbocycles. The smallest absolute Gasteiger partial charge is 0.0858 e. The molecule has 21 heavy (non-hydrogen) atoms. The number of nitrogens with zero attached hydrogens (tertiary/aromatic N) is 1. The van der Waals surface area contributed by atoms with Crippen LogP contribution < -0.4 is 0 Å². The van der Waals surface area contributed by atoms with Gasteiger partial charge in [-0.2, -0.15) is 0 Å². The van der Waals surface area contributed by atoms with Gasteiger partial charge in [0.25, 0.3) is 0 Å². The molecule has 114 valence electrons. The summed E-state index contributed by atoms with van der Waals surface area (Å²) >= 11 is 12.6. The number of hydrogen-bond donors (Lipinski definition) is 1. The Morgan fingerprint density at radius 1 is 1.33 bits per heavy atom. The van der Waals surface area contributed by atoms with E-state index in [1.165, 1.54) is 0 Å². The average Bonchev–Trinajstić information content (AvgIpc) is 3.09. The lowest BCUT2D eigenvalue weighted by atomic mass is 9.74. The van der Waals surface area contributed by atoms with E-state index in [0.717, 1.165) is 48.1 Å². The van der Waals surface area contributed by atoms with Crippen molar-refractivity contribution in [1.82, 2.24) is 4.90 Å². The summed E-state index contributed by atoms with van der Waals surface area (Å²) < 4.78 is 6.25. The molecule has 3 aliphatic heterocycles. The van der Waals surface area contributed by atoms with Crippen molar-refractivity contribution in [2.45, 2.75) is 31.1 Å². The van der Waals surface area contributed by atoms with Gasteiger partial charge in [0.05, 0.1) is 11.7 Å². The molecule has 0 unspecified atom stereocenters. The van der Waals surface area contributed by atoms with E-state index in [1.807, 2.05) is 18.2 Å². The fourth-order valence-corrected chi connectivity index (χ4v) is 5.08. The van der Waals surface area contributed by atoms with Crippen molar-refractivity contribution in [3.63, 3.8) is 0 Å². The number of aliphatic hydroxyl groups excluding tert-OH is 1. The van der Waals surface area contributed by atoms with Crippen LogP contribution in [0.2, 0.25) is 10.0 Å². The van der Waals surface area contributed by atoms with Crippen molar-refractivity contribution in [3.05, 3.63) is 33.8 Å². The second-order valence-corrected chi connectivity index (χ2v) is 7.40. The standard InChI is InChI=1S/C16H19Cl2NO2/c17-13-2-1-3-14(18)10(13)6-19-7-12-11(8-20)15-4-5-16(12,9-19)21-15/h1-3,11-12,15,20H,4-9H2/t11-,12+,15+,16+/m0/s1. The molecule has 1 N–H and O–H groups in total. The molecule has 3 nitrogen and oxygen atoms in total. The number of fused-ring (bicyclic) bond motifs is 1. The van der Waals surface area contributed by atoms with E-state index in [2.05, 4.69) is 4.90 Å². The summed E-state index contributed by atoms with van der Waals surface area (Å²) in [5, 5.41) is 11.1. The second kappa shape index (κ2) is 5.10. The van der Waals surface area contributed by atoms with Crippen molar-refractivity contribution in [2.75, 3.05) is 19.7 Å². The van der Waals surface area contributed by atoms with E-state index in [4.69, 9.17) is 27.9 Å². The van der Waals surface area contributed by atoms with E-state index < -0.39 is 0 Å². The highest BCUT2D eigenvalue weighted by atomic mass is 35.5. The van der Waals surface area contributed by atoms with E-state index in [0.29, 0.717) is 11.8 Å². The minimum Gasteiger partial charge on any atom is -0.396 e. The van der Waals surface area contributed by atoms with Gasteiger partial charge in [0, 0.05) is 53.7 Å². The molecule has 0 saturated carbocycles. The number of rotatable bonds is 3. The first kappa shape index (κ1) is 14.3. The fraction of sp³-hybridized carbons (Fsp3) is 0.625. The third-order valence-electron chi connectivity index (χ3n) is 5.51. The van der Waals surface area contributed by atoms with Gasteiger partial charge in [-0.3, -0.25) is 4.90 Å². The van der Waals surface area contributed by atoms with Crippen LogP contribution in [0.4, 0.5) is 0 Å². The van der Waals surface area contributed by atoms with Crippen molar-refractivity contribution < 1.29 is 9.84 Å². The van der Waals surface area contributed by atoms with Crippen molar-refractivity contribution >= 4 is 23.2 Å². The third-order valence-corrected chi connectivity index (χ3v) is 6.22. The van der Waals surface area contributed by atoms with E-state index in [1.54, 1.807) is 0 Å². The van der Waals surface area contributed by atoms with Crippen LogP contribution in [0.1, 0.15) is 18.4 Å². The predicted octanol–water partition coefficient (Wildman–Crippen LogP) is 2.97. The lowest BCUT2D eigenvalue weighted by molar-refractivity contribution is 0.000383. The molecule has 4 rings (SSSR count). The maximum absolute atomic E-state index is 9.66. The van der Waals surface area contributed by atoms with Crippen LogP contribution in [0.3, 0.4) is 0 Å². The molecule has 0 amide bonds. The Labute approximate surface area is 134 Å². The van der Waals surface area contributed by atoms with Crippen molar-refractivity contribution in [1.29, 1.82) is 0 Å². The minimum absolute atomic E-state index is 0.0359. The Balaban J connectivity index is 1.55. The molecule has 0 aliphatic carbocycles. The molecule has 0 radical (unpaired) electrons. The molecule has 4 atom stereocenters. The summed E-state index contributed by atoms with van der Waals surface area (Å²) in [5.74, 6) is 0.744. The number of likely N-dealkylation sites (tertiary alicyclic amines) is 1. The molecule has 3 saturated heterocycles. The molecule has 3 fully saturated rings. The summed E-state index contributed by atoms with van der Waals surface area (Å²) in [4.78, 5) is 2.38. The first-order valence-electron chi connectivity index (χ1n) is 7.57. The largest absolute Gasteiger partial charge is 0.396 e. The van der Waals surface area contributed by atoms with Crippen LogP contribution in [0.25, 0.3) is 0 Å². The van der Waals surface area contributed by atoms with E-state index in [-0.39, 0.29) is 18.3 Å². The van der Waals surface area contributed by atoms with E-state index >= 15 is 0 Å². The van der Waals surface area contributed by atoms with Crippen LogP contribution in [0.15, 0.2) is 18.2 Å². The van der Waals surface area contributed by atoms with Crippen molar-refractivity contribution in [3.8, 4) is 0 Å². The highest BCUT2D eigenvalue weighted by Gasteiger charge is 2.62. The highest BCUT2D eigenvalue weighted by Crippen LogP contribution is 2.54. The monoisotopic (exact) mass is 327 g/mol. The number of benzene rings is 1. The quantitative estimate of drug-likeness (QED) is 0.926. The zero-order valence-corrected chi connectivity index (χ0v) is 13.3. The lowest BCUT2D eigenvalue weighted by Gasteiger charge is -2.28. The second-order valence-electron chi connectivity index (χ2n) is 6.58. The van der Waals surface area contributed by atoms with Crippen LogP contribution >= 0.6 is 23.2 Å². The van der Waals surface area contributed by atoms with Gasteiger partial charge in [-0.15, -0.1) is 0 Å². The van der Waals surface area contributed by atoms with Crippen LogP contribution in [-0.4, -0.2) is 41.4 Å². The lowest BCUT2D eigenvalue weighted by Crippen LogP contribution is -2.37. The zero-order valence-electron chi connectivity index (χ0n) is 11.8. The maximum Gasteiger partial charge on any atom is 0.0858 e. The zero-order chi connectivity index (χ0) is 14.6. The average molecular weight is 328 g/mol. The molecule has 0 aromatic heterocycles. The van der Waals surface area contributed by atoms with Gasteiger partial charge in [0.15, 0.2) is 0 Å². The maximum atomic E-state index is 9.66.